The highest BCUT2D eigenvalue weighted by Gasteiger charge is 2.13. The predicted molar refractivity (Wildman–Crippen MR) is 64.3 cm³/mol. The van der Waals surface area contributed by atoms with Crippen LogP contribution in [0, 0.1) is 5.92 Å². The highest BCUT2D eigenvalue weighted by Crippen LogP contribution is 2.07. The molecule has 3 N–H and O–H groups in total. The summed E-state index contributed by atoms with van der Waals surface area (Å²) in [6.07, 6.45) is 0. The molecule has 0 atom stereocenters. The van der Waals surface area contributed by atoms with Crippen molar-refractivity contribution >= 4 is 16.2 Å². The Balaban J connectivity index is 2.51. The molecule has 0 aliphatic heterocycles. The van der Waals surface area contributed by atoms with Crippen LogP contribution in [0.25, 0.3) is 0 Å². The number of aromatic carboxylic acids is 1. The summed E-state index contributed by atoms with van der Waals surface area (Å²) >= 11 is 0. The second kappa shape index (κ2) is 5.98. The van der Waals surface area contributed by atoms with Crippen molar-refractivity contribution in [2.45, 2.75) is 20.4 Å². The van der Waals surface area contributed by atoms with Gasteiger partial charge < -0.3 is 9.52 Å². The lowest BCUT2D eigenvalue weighted by atomic mass is 10.2. The van der Waals surface area contributed by atoms with Crippen LogP contribution in [0.3, 0.4) is 0 Å². The molecule has 0 unspecified atom stereocenters. The van der Waals surface area contributed by atoms with E-state index in [1.807, 2.05) is 13.8 Å². The molecule has 0 amide bonds. The van der Waals surface area contributed by atoms with Crippen LogP contribution in [-0.2, 0) is 16.8 Å². The third-order valence-corrected chi connectivity index (χ3v) is 3.06. The first-order valence-electron chi connectivity index (χ1n) is 5.36. The summed E-state index contributed by atoms with van der Waals surface area (Å²) in [5.41, 5.74) is 0. The van der Waals surface area contributed by atoms with Crippen LogP contribution in [0.4, 0.5) is 0 Å². The Morgan fingerprint density at radius 1 is 1.39 bits per heavy atom. The molecular formula is C10H16N2O5S. The van der Waals surface area contributed by atoms with Gasteiger partial charge in [-0.1, -0.05) is 13.8 Å². The molecule has 0 fully saturated rings. The van der Waals surface area contributed by atoms with E-state index in [0.717, 1.165) is 0 Å². The molecule has 1 rings (SSSR count). The van der Waals surface area contributed by atoms with E-state index in [4.69, 9.17) is 9.52 Å². The van der Waals surface area contributed by atoms with Crippen LogP contribution in [-0.4, -0.2) is 26.0 Å². The van der Waals surface area contributed by atoms with Gasteiger partial charge in [-0.2, -0.15) is 13.1 Å². The van der Waals surface area contributed by atoms with Crippen molar-refractivity contribution in [1.82, 2.24) is 9.44 Å². The van der Waals surface area contributed by atoms with Gasteiger partial charge in [0.15, 0.2) is 0 Å². The van der Waals surface area contributed by atoms with Crippen LogP contribution >= 0.6 is 0 Å². The van der Waals surface area contributed by atoms with Crippen molar-refractivity contribution in [3.05, 3.63) is 23.7 Å². The lowest BCUT2D eigenvalue weighted by Gasteiger charge is -2.08. The standard InChI is InChI=1S/C10H16N2O5S/c1-7(2)5-11-18(15,16)12-6-8-3-4-9(17-8)10(13)14/h3-4,7,11-12H,5-6H2,1-2H3,(H,13,14). The maximum Gasteiger partial charge on any atom is 0.371 e. The fraction of sp³-hybridized carbons (Fsp3) is 0.500. The van der Waals surface area contributed by atoms with Gasteiger partial charge in [0.25, 0.3) is 10.2 Å². The molecule has 0 aliphatic rings. The highest BCUT2D eigenvalue weighted by atomic mass is 32.2. The first-order valence-corrected chi connectivity index (χ1v) is 6.85. The Morgan fingerprint density at radius 3 is 2.56 bits per heavy atom. The Kier molecular flexibility index (Phi) is 4.88. The maximum absolute atomic E-state index is 11.5. The van der Waals surface area contributed by atoms with Gasteiger partial charge in [-0.25, -0.2) is 9.52 Å². The topological polar surface area (TPSA) is 109 Å². The molecule has 102 valence electrons. The minimum Gasteiger partial charge on any atom is -0.475 e. The summed E-state index contributed by atoms with van der Waals surface area (Å²) in [7, 11) is -3.59. The summed E-state index contributed by atoms with van der Waals surface area (Å²) < 4.78 is 32.5. The van der Waals surface area contributed by atoms with Crippen molar-refractivity contribution in [3.63, 3.8) is 0 Å². The lowest BCUT2D eigenvalue weighted by molar-refractivity contribution is 0.0660. The fourth-order valence-corrected chi connectivity index (χ4v) is 2.07. The highest BCUT2D eigenvalue weighted by molar-refractivity contribution is 7.87. The summed E-state index contributed by atoms with van der Waals surface area (Å²) in [4.78, 5) is 10.5. The third kappa shape index (κ3) is 4.86. The van der Waals surface area contributed by atoms with Crippen LogP contribution in [0.15, 0.2) is 16.5 Å². The van der Waals surface area contributed by atoms with E-state index < -0.39 is 16.2 Å². The number of carboxylic acids is 1. The summed E-state index contributed by atoms with van der Waals surface area (Å²) in [5.74, 6) is -0.979. The van der Waals surface area contributed by atoms with E-state index >= 15 is 0 Å². The quantitative estimate of drug-likeness (QED) is 0.674. The Bertz CT molecular complexity index is 506. The Hall–Kier alpha value is -1.38. The van der Waals surface area contributed by atoms with Crippen molar-refractivity contribution in [2.75, 3.05) is 6.54 Å². The zero-order valence-electron chi connectivity index (χ0n) is 10.1. The molecule has 0 spiro atoms. The average molecular weight is 276 g/mol. The van der Waals surface area contributed by atoms with Gasteiger partial charge in [-0.05, 0) is 18.1 Å². The molecule has 1 heterocycles. The van der Waals surface area contributed by atoms with E-state index in [-0.39, 0.29) is 24.0 Å². The van der Waals surface area contributed by atoms with E-state index in [0.29, 0.717) is 6.54 Å². The molecule has 0 radical (unpaired) electrons. The molecule has 0 bridgehead atoms. The van der Waals surface area contributed by atoms with E-state index in [9.17, 15) is 13.2 Å². The molecule has 7 nitrogen and oxygen atoms in total. The van der Waals surface area contributed by atoms with E-state index in [1.165, 1.54) is 12.1 Å². The van der Waals surface area contributed by atoms with E-state index in [2.05, 4.69) is 9.44 Å². The zero-order valence-corrected chi connectivity index (χ0v) is 11.0. The van der Waals surface area contributed by atoms with Gasteiger partial charge in [0.1, 0.15) is 5.76 Å². The predicted octanol–water partition coefficient (Wildman–Crippen LogP) is 0.558. The maximum atomic E-state index is 11.5. The number of carboxylic acid groups (broad SMARTS) is 1. The molecule has 8 heteroatoms. The Labute approximate surface area is 105 Å². The molecule has 1 aromatic heterocycles. The van der Waals surface area contributed by atoms with Gasteiger partial charge in [-0.3, -0.25) is 0 Å². The van der Waals surface area contributed by atoms with E-state index in [1.54, 1.807) is 0 Å². The summed E-state index contributed by atoms with van der Waals surface area (Å²) in [6, 6.07) is 2.68. The second-order valence-electron chi connectivity index (χ2n) is 4.14. The largest absolute Gasteiger partial charge is 0.475 e. The van der Waals surface area contributed by atoms with Crippen molar-refractivity contribution < 1.29 is 22.7 Å². The number of nitrogens with one attached hydrogen (secondary N) is 2. The molecular weight excluding hydrogens is 260 g/mol. The van der Waals surface area contributed by atoms with Gasteiger partial charge in [0.05, 0.1) is 6.54 Å². The molecule has 1 aromatic rings. The number of carbonyl (C=O) groups is 1. The van der Waals surface area contributed by atoms with Crippen molar-refractivity contribution in [2.24, 2.45) is 5.92 Å². The SMILES string of the molecule is CC(C)CNS(=O)(=O)NCc1ccc(C(=O)O)o1. The second-order valence-corrected chi connectivity index (χ2v) is 5.72. The van der Waals surface area contributed by atoms with Crippen LogP contribution in [0.1, 0.15) is 30.2 Å². The summed E-state index contributed by atoms with van der Waals surface area (Å²) in [5, 5.41) is 8.63. The smallest absolute Gasteiger partial charge is 0.371 e. The molecule has 0 aliphatic carbocycles. The average Bonchev–Trinajstić information content (AvgIpc) is 2.73. The Morgan fingerprint density at radius 2 is 2.06 bits per heavy atom. The molecule has 0 aromatic carbocycles. The van der Waals surface area contributed by atoms with Crippen LogP contribution in [0.5, 0.6) is 0 Å². The fourth-order valence-electron chi connectivity index (χ4n) is 1.08. The van der Waals surface area contributed by atoms with Gasteiger partial charge >= 0.3 is 5.97 Å². The molecule has 18 heavy (non-hydrogen) atoms. The third-order valence-electron chi connectivity index (χ3n) is 1.99. The van der Waals surface area contributed by atoms with Crippen LogP contribution in [0.2, 0.25) is 0 Å². The minimum absolute atomic E-state index is 0.0965. The summed E-state index contributed by atoms with van der Waals surface area (Å²) in [6.45, 7) is 4.00. The van der Waals surface area contributed by atoms with Gasteiger partial charge in [0, 0.05) is 6.54 Å². The minimum atomic E-state index is -3.59. The normalized spacial score (nSPS) is 11.9. The number of furan rings is 1. The van der Waals surface area contributed by atoms with Gasteiger partial charge in [0.2, 0.25) is 5.76 Å². The van der Waals surface area contributed by atoms with Crippen LogP contribution < -0.4 is 9.44 Å². The molecule has 0 saturated carbocycles. The van der Waals surface area contributed by atoms with Gasteiger partial charge in [-0.15, -0.1) is 0 Å². The first-order chi connectivity index (χ1) is 8.30. The van der Waals surface area contributed by atoms with Crippen molar-refractivity contribution in [3.8, 4) is 0 Å². The first kappa shape index (κ1) is 14.7. The lowest BCUT2D eigenvalue weighted by Crippen LogP contribution is -2.37. The monoisotopic (exact) mass is 276 g/mol. The number of hydrogen-bond donors (Lipinski definition) is 3. The number of hydrogen-bond acceptors (Lipinski definition) is 4. The van der Waals surface area contributed by atoms with Crippen molar-refractivity contribution in [1.29, 1.82) is 0 Å². The number of rotatable bonds is 7. The molecule has 0 saturated heterocycles. The zero-order chi connectivity index (χ0) is 13.8.